The Kier molecular flexibility index (Phi) is 7.35. The van der Waals surface area contributed by atoms with Gasteiger partial charge < -0.3 is 14.6 Å². The summed E-state index contributed by atoms with van der Waals surface area (Å²) >= 11 is 1.12. The van der Waals surface area contributed by atoms with E-state index in [0.717, 1.165) is 62.7 Å². The number of halogens is 3. The van der Waals surface area contributed by atoms with E-state index in [1.807, 2.05) is 4.90 Å². The number of benzene rings is 1. The lowest BCUT2D eigenvalue weighted by Crippen LogP contribution is -2.33. The zero-order chi connectivity index (χ0) is 21.6. The molecule has 1 aromatic carbocycles. The van der Waals surface area contributed by atoms with Crippen LogP contribution < -0.4 is 5.32 Å². The van der Waals surface area contributed by atoms with Gasteiger partial charge in [-0.2, -0.15) is 13.2 Å². The maximum atomic E-state index is 12.8. The predicted molar refractivity (Wildman–Crippen MR) is 103 cm³/mol. The zero-order valence-corrected chi connectivity index (χ0v) is 16.9. The Balaban J connectivity index is 1.48. The van der Waals surface area contributed by atoms with Gasteiger partial charge in [-0.1, -0.05) is 30.7 Å². The average Bonchev–Trinajstić information content (AvgIpc) is 3.00. The molecule has 2 aromatic rings. The average molecular weight is 442 g/mol. The van der Waals surface area contributed by atoms with E-state index < -0.39 is 17.6 Å². The molecule has 0 bridgehead atoms. The Morgan fingerprint density at radius 3 is 2.57 bits per heavy atom. The summed E-state index contributed by atoms with van der Waals surface area (Å²) in [5.41, 5.74) is -1.03. The van der Waals surface area contributed by atoms with Crippen LogP contribution in [0.4, 0.5) is 13.2 Å². The van der Waals surface area contributed by atoms with E-state index in [-0.39, 0.29) is 34.9 Å². The fraction of sp³-hybridized carbons (Fsp3) is 0.474. The van der Waals surface area contributed by atoms with Crippen LogP contribution in [0.1, 0.15) is 47.5 Å². The molecule has 0 atom stereocenters. The van der Waals surface area contributed by atoms with Gasteiger partial charge in [0.05, 0.1) is 17.9 Å². The van der Waals surface area contributed by atoms with Crippen molar-refractivity contribution in [2.75, 3.05) is 18.8 Å². The molecule has 1 N–H and O–H groups in total. The van der Waals surface area contributed by atoms with Gasteiger partial charge >= 0.3 is 6.18 Å². The number of amides is 2. The highest BCUT2D eigenvalue weighted by Crippen LogP contribution is 2.29. The summed E-state index contributed by atoms with van der Waals surface area (Å²) in [4.78, 5) is 26.2. The van der Waals surface area contributed by atoms with Crippen LogP contribution in [0.3, 0.4) is 0 Å². The van der Waals surface area contributed by atoms with Gasteiger partial charge in [0.2, 0.25) is 11.8 Å². The van der Waals surface area contributed by atoms with Crippen LogP contribution in [0, 0.1) is 0 Å². The molecule has 0 radical (unpaired) electrons. The molecule has 1 aliphatic heterocycles. The second-order valence-electron chi connectivity index (χ2n) is 6.81. The van der Waals surface area contributed by atoms with Crippen molar-refractivity contribution in [3.63, 3.8) is 0 Å². The monoisotopic (exact) mass is 442 g/mol. The molecule has 7 nitrogen and oxygen atoms in total. The molecule has 1 aromatic heterocycles. The highest BCUT2D eigenvalue weighted by atomic mass is 32.2. The van der Waals surface area contributed by atoms with Crippen LogP contribution in [0.25, 0.3) is 0 Å². The normalized spacial score (nSPS) is 15.0. The highest BCUT2D eigenvalue weighted by molar-refractivity contribution is 7.99. The van der Waals surface area contributed by atoms with Gasteiger partial charge in [0.25, 0.3) is 11.1 Å². The molecule has 0 spiro atoms. The van der Waals surface area contributed by atoms with Crippen LogP contribution in [-0.4, -0.2) is 45.8 Å². The smallest absolute Gasteiger partial charge is 0.414 e. The van der Waals surface area contributed by atoms with E-state index in [0.29, 0.717) is 0 Å². The molecule has 1 fully saturated rings. The summed E-state index contributed by atoms with van der Waals surface area (Å²) in [6.45, 7) is 1.38. The van der Waals surface area contributed by atoms with Crippen molar-refractivity contribution >= 4 is 23.6 Å². The summed E-state index contributed by atoms with van der Waals surface area (Å²) in [5, 5.41) is 10.3. The molecule has 1 aliphatic rings. The molecule has 0 unspecified atom stereocenters. The number of aromatic nitrogens is 2. The first-order valence-electron chi connectivity index (χ1n) is 9.51. The molecule has 11 heteroatoms. The van der Waals surface area contributed by atoms with Gasteiger partial charge in [-0.3, -0.25) is 9.59 Å². The van der Waals surface area contributed by atoms with E-state index in [1.165, 1.54) is 12.1 Å². The van der Waals surface area contributed by atoms with Gasteiger partial charge in [-0.15, -0.1) is 10.2 Å². The first kappa shape index (κ1) is 22.1. The van der Waals surface area contributed by atoms with E-state index in [2.05, 4.69) is 15.5 Å². The minimum absolute atomic E-state index is 0.0134. The molecule has 2 heterocycles. The number of alkyl halides is 3. The molecule has 3 rings (SSSR count). The van der Waals surface area contributed by atoms with Crippen molar-refractivity contribution in [3.05, 3.63) is 41.3 Å². The molecule has 0 saturated carbocycles. The third kappa shape index (κ3) is 6.22. The van der Waals surface area contributed by atoms with Crippen LogP contribution in [0.5, 0.6) is 0 Å². The molecule has 162 valence electrons. The maximum absolute atomic E-state index is 12.8. The van der Waals surface area contributed by atoms with Crippen LogP contribution >= 0.6 is 11.8 Å². The van der Waals surface area contributed by atoms with E-state index in [9.17, 15) is 22.8 Å². The standard InChI is InChI=1S/C19H21F3N4O3S/c20-19(21,22)14-7-5-6-13(10-14)17(28)23-11-15-24-25-18(29-15)30-12-16(27)26-8-3-1-2-4-9-26/h5-7,10H,1-4,8-9,11-12H2,(H,23,28). The maximum Gasteiger partial charge on any atom is 0.416 e. The lowest BCUT2D eigenvalue weighted by atomic mass is 10.1. The third-order valence-electron chi connectivity index (χ3n) is 4.58. The molecule has 0 aliphatic carbocycles. The Morgan fingerprint density at radius 2 is 1.87 bits per heavy atom. The first-order chi connectivity index (χ1) is 14.3. The van der Waals surface area contributed by atoms with Crippen LogP contribution in [-0.2, 0) is 17.5 Å². The summed E-state index contributed by atoms with van der Waals surface area (Å²) in [6, 6.07) is 4.12. The predicted octanol–water partition coefficient (Wildman–Crippen LogP) is 3.51. The highest BCUT2D eigenvalue weighted by Gasteiger charge is 2.30. The molecular formula is C19H21F3N4O3S. The van der Waals surface area contributed by atoms with Crippen molar-refractivity contribution in [2.24, 2.45) is 0 Å². The van der Waals surface area contributed by atoms with Crippen molar-refractivity contribution in [1.29, 1.82) is 0 Å². The first-order valence-corrected chi connectivity index (χ1v) is 10.5. The minimum Gasteiger partial charge on any atom is -0.414 e. The number of carbonyl (C=O) groups excluding carboxylic acids is 2. The molecule has 1 saturated heterocycles. The Morgan fingerprint density at radius 1 is 1.13 bits per heavy atom. The Bertz CT molecular complexity index is 880. The lowest BCUT2D eigenvalue weighted by Gasteiger charge is -2.19. The van der Waals surface area contributed by atoms with Gasteiger partial charge in [0.1, 0.15) is 0 Å². The second-order valence-corrected chi connectivity index (χ2v) is 7.73. The van der Waals surface area contributed by atoms with Gasteiger partial charge in [0, 0.05) is 18.7 Å². The number of hydrogen-bond acceptors (Lipinski definition) is 6. The quantitative estimate of drug-likeness (QED) is 0.689. The second kappa shape index (κ2) is 9.96. The summed E-state index contributed by atoms with van der Waals surface area (Å²) < 4.78 is 43.7. The third-order valence-corrected chi connectivity index (χ3v) is 5.38. The van der Waals surface area contributed by atoms with Gasteiger partial charge in [0.15, 0.2) is 0 Å². The number of nitrogens with zero attached hydrogens (tertiary/aromatic N) is 3. The van der Waals surface area contributed by atoms with E-state index in [1.54, 1.807) is 0 Å². The largest absolute Gasteiger partial charge is 0.416 e. The zero-order valence-electron chi connectivity index (χ0n) is 16.1. The van der Waals surface area contributed by atoms with Gasteiger partial charge in [-0.05, 0) is 31.0 Å². The van der Waals surface area contributed by atoms with Crippen molar-refractivity contribution < 1.29 is 27.2 Å². The van der Waals surface area contributed by atoms with E-state index in [4.69, 9.17) is 4.42 Å². The summed E-state index contributed by atoms with van der Waals surface area (Å²) in [6.07, 6.45) is -0.245. The summed E-state index contributed by atoms with van der Waals surface area (Å²) in [5.74, 6) is -0.400. The summed E-state index contributed by atoms with van der Waals surface area (Å²) in [7, 11) is 0. The molecule has 2 amide bonds. The number of likely N-dealkylation sites (tertiary alicyclic amines) is 1. The van der Waals surface area contributed by atoms with Crippen LogP contribution in [0.15, 0.2) is 33.9 Å². The fourth-order valence-corrected chi connectivity index (χ4v) is 3.68. The van der Waals surface area contributed by atoms with Crippen molar-refractivity contribution in [1.82, 2.24) is 20.4 Å². The number of nitrogens with one attached hydrogen (secondary N) is 1. The topological polar surface area (TPSA) is 88.3 Å². The SMILES string of the molecule is O=C(NCc1nnc(SCC(=O)N2CCCCCC2)o1)c1cccc(C(F)(F)F)c1. The van der Waals surface area contributed by atoms with Crippen LogP contribution in [0.2, 0.25) is 0 Å². The number of carbonyl (C=O) groups is 2. The Hall–Kier alpha value is -2.56. The minimum atomic E-state index is -4.53. The number of rotatable bonds is 6. The Labute approximate surface area is 175 Å². The lowest BCUT2D eigenvalue weighted by molar-refractivity contribution is -0.137. The van der Waals surface area contributed by atoms with Crippen molar-refractivity contribution in [3.8, 4) is 0 Å². The fourth-order valence-electron chi connectivity index (χ4n) is 3.00. The van der Waals surface area contributed by atoms with E-state index >= 15 is 0 Å². The molecule has 30 heavy (non-hydrogen) atoms. The van der Waals surface area contributed by atoms with Crippen molar-refractivity contribution in [2.45, 2.75) is 43.6 Å². The number of thioether (sulfide) groups is 1. The number of hydrogen-bond donors (Lipinski definition) is 1. The molecular weight excluding hydrogens is 421 g/mol. The van der Waals surface area contributed by atoms with Gasteiger partial charge in [-0.25, -0.2) is 0 Å².